The van der Waals surface area contributed by atoms with Gasteiger partial charge in [0.2, 0.25) is 0 Å². The summed E-state index contributed by atoms with van der Waals surface area (Å²) in [4.78, 5) is 0. The fourth-order valence-corrected chi connectivity index (χ4v) is 1.61. The van der Waals surface area contributed by atoms with Gasteiger partial charge in [0, 0.05) is 0 Å². The van der Waals surface area contributed by atoms with Crippen LogP contribution in [0.15, 0.2) is 10.1 Å². The van der Waals surface area contributed by atoms with Crippen molar-refractivity contribution in [3.05, 3.63) is 10.1 Å². The molecule has 0 aliphatic heterocycles. The fraction of sp³-hybridized carbons (Fsp3) is 0.667. The van der Waals surface area contributed by atoms with Crippen LogP contribution in [-0.4, -0.2) is 12.4 Å². The lowest BCUT2D eigenvalue weighted by molar-refractivity contribution is -0.294. The van der Waals surface area contributed by atoms with Crippen molar-refractivity contribution in [3.63, 3.8) is 0 Å². The lowest BCUT2D eigenvalue weighted by atomic mass is 10.1. The molecule has 8 heteroatoms. The van der Waals surface area contributed by atoms with Gasteiger partial charge in [0.1, 0.15) is 4.49 Å². The van der Waals surface area contributed by atoms with E-state index in [4.69, 9.17) is 23.2 Å². The van der Waals surface area contributed by atoms with Crippen LogP contribution in [0.4, 0.5) is 26.3 Å². The van der Waals surface area contributed by atoms with Crippen LogP contribution >= 0.6 is 23.2 Å². The van der Waals surface area contributed by atoms with E-state index in [-0.39, 0.29) is 0 Å². The minimum Gasteiger partial charge on any atom is -0.170 e. The van der Waals surface area contributed by atoms with Gasteiger partial charge in [-0.3, -0.25) is 0 Å². The normalized spacial score (nSPS) is 21.0. The van der Waals surface area contributed by atoms with Gasteiger partial charge in [-0.25, -0.2) is 0 Å². The van der Waals surface area contributed by atoms with E-state index in [1.54, 1.807) is 0 Å². The maximum atomic E-state index is 12.1. The minimum atomic E-state index is -5.41. The molecule has 0 N–H and O–H groups in total. The molecule has 0 aromatic rings. The lowest BCUT2D eigenvalue weighted by Crippen LogP contribution is -2.39. The van der Waals surface area contributed by atoms with Crippen LogP contribution in [0, 0.1) is 5.41 Å². The summed E-state index contributed by atoms with van der Waals surface area (Å²) in [5.41, 5.74) is -4.83. The van der Waals surface area contributed by atoms with Crippen molar-refractivity contribution in [2.24, 2.45) is 5.41 Å². The zero-order chi connectivity index (χ0) is 11.4. The molecule has 0 nitrogen and oxygen atoms in total. The number of hydrogen-bond donors (Lipinski definition) is 0. The summed E-state index contributed by atoms with van der Waals surface area (Å²) in [6.45, 7) is 0. The Balaban J connectivity index is 3.20. The van der Waals surface area contributed by atoms with Crippen molar-refractivity contribution in [1.29, 1.82) is 0 Å². The third kappa shape index (κ3) is 1.48. The second-order valence-corrected chi connectivity index (χ2v) is 3.77. The summed E-state index contributed by atoms with van der Waals surface area (Å²) in [5.74, 6) is 0. The van der Waals surface area contributed by atoms with Gasteiger partial charge in [-0.05, 0) is 12.0 Å². The Bertz CT molecular complexity index is 268. The topological polar surface area (TPSA) is 0 Å². The summed E-state index contributed by atoms with van der Waals surface area (Å²) < 4.78 is 71.8. The molecule has 1 fully saturated rings. The molecule has 0 amide bonds. The first kappa shape index (κ1) is 12.0. The van der Waals surface area contributed by atoms with Gasteiger partial charge < -0.3 is 0 Å². The molecule has 1 saturated carbocycles. The van der Waals surface area contributed by atoms with Crippen LogP contribution in [-0.2, 0) is 0 Å². The highest BCUT2D eigenvalue weighted by Gasteiger charge is 2.81. The summed E-state index contributed by atoms with van der Waals surface area (Å²) in [5, 5.41) is 0. The first-order chi connectivity index (χ1) is 6.04. The van der Waals surface area contributed by atoms with E-state index < -0.39 is 34.3 Å². The highest BCUT2D eigenvalue weighted by atomic mass is 35.5. The standard InChI is InChI=1S/C6H2Cl2F6/c7-3(8)2-1-4(2,5(9,10)11)6(12,13)14/h1H2. The maximum absolute atomic E-state index is 12.1. The summed E-state index contributed by atoms with van der Waals surface area (Å²) >= 11 is 9.83. The average Bonchev–Trinajstić information content (AvgIpc) is 2.54. The van der Waals surface area contributed by atoms with Gasteiger partial charge >= 0.3 is 12.4 Å². The van der Waals surface area contributed by atoms with E-state index in [1.165, 1.54) is 0 Å². The lowest BCUT2D eigenvalue weighted by Gasteiger charge is -2.21. The largest absolute Gasteiger partial charge is 0.407 e. The zero-order valence-electron chi connectivity index (χ0n) is 6.23. The second kappa shape index (κ2) is 2.95. The molecule has 1 rings (SSSR count). The molecular formula is C6H2Cl2F6. The molecule has 0 radical (unpaired) electrons. The summed E-state index contributed by atoms with van der Waals surface area (Å²) in [6.07, 6.45) is -12.0. The SMILES string of the molecule is FC(F)(F)C1(C(F)(F)F)CC1=C(Cl)Cl. The Morgan fingerprint density at radius 3 is 1.43 bits per heavy atom. The highest BCUT2D eigenvalue weighted by molar-refractivity contribution is 6.56. The van der Waals surface area contributed by atoms with E-state index in [9.17, 15) is 26.3 Å². The fourth-order valence-electron chi connectivity index (χ4n) is 1.15. The van der Waals surface area contributed by atoms with Crippen molar-refractivity contribution < 1.29 is 26.3 Å². The van der Waals surface area contributed by atoms with Crippen LogP contribution < -0.4 is 0 Å². The molecule has 0 aromatic heterocycles. The van der Waals surface area contributed by atoms with E-state index in [1.807, 2.05) is 0 Å². The van der Waals surface area contributed by atoms with E-state index in [2.05, 4.69) is 0 Å². The molecule has 14 heavy (non-hydrogen) atoms. The predicted octanol–water partition coefficient (Wildman–Crippen LogP) is 4.19. The predicted molar refractivity (Wildman–Crippen MR) is 37.9 cm³/mol. The second-order valence-electron chi connectivity index (χ2n) is 2.82. The van der Waals surface area contributed by atoms with Crippen molar-refractivity contribution in [1.82, 2.24) is 0 Å². The van der Waals surface area contributed by atoms with Gasteiger partial charge in [0.25, 0.3) is 0 Å². The number of rotatable bonds is 0. The van der Waals surface area contributed by atoms with Crippen LogP contribution in [0.2, 0.25) is 0 Å². The van der Waals surface area contributed by atoms with E-state index in [0.717, 1.165) is 0 Å². The molecule has 1 aliphatic rings. The van der Waals surface area contributed by atoms with Gasteiger partial charge in [-0.2, -0.15) is 26.3 Å². The molecule has 0 bridgehead atoms. The molecule has 0 saturated heterocycles. The third-order valence-corrected chi connectivity index (χ3v) is 2.48. The van der Waals surface area contributed by atoms with Crippen molar-refractivity contribution in [3.8, 4) is 0 Å². The van der Waals surface area contributed by atoms with Crippen LogP contribution in [0.25, 0.3) is 0 Å². The number of alkyl halides is 6. The first-order valence-corrected chi connectivity index (χ1v) is 3.97. The Labute approximate surface area is 84.5 Å². The smallest absolute Gasteiger partial charge is 0.170 e. The van der Waals surface area contributed by atoms with Gasteiger partial charge in [-0.15, -0.1) is 0 Å². The Hall–Kier alpha value is -0.100. The maximum Gasteiger partial charge on any atom is 0.407 e. The Kier molecular flexibility index (Phi) is 2.52. The number of halogens is 8. The quantitative estimate of drug-likeness (QED) is 0.572. The molecule has 0 unspecified atom stereocenters. The molecule has 1 aliphatic carbocycles. The van der Waals surface area contributed by atoms with Crippen molar-refractivity contribution in [2.45, 2.75) is 18.8 Å². The first-order valence-electron chi connectivity index (χ1n) is 3.22. The zero-order valence-corrected chi connectivity index (χ0v) is 7.74. The van der Waals surface area contributed by atoms with Crippen molar-refractivity contribution >= 4 is 23.2 Å². The van der Waals surface area contributed by atoms with Crippen LogP contribution in [0.5, 0.6) is 0 Å². The molecule has 0 aromatic carbocycles. The number of allylic oxidation sites excluding steroid dienone is 1. The number of hydrogen-bond acceptors (Lipinski definition) is 0. The minimum absolute atomic E-state index is 0.959. The Morgan fingerprint density at radius 1 is 1.00 bits per heavy atom. The highest BCUT2D eigenvalue weighted by Crippen LogP contribution is 2.71. The average molecular weight is 259 g/mol. The molecule has 0 heterocycles. The van der Waals surface area contributed by atoms with E-state index in [0.29, 0.717) is 0 Å². The van der Waals surface area contributed by atoms with Crippen LogP contribution in [0.1, 0.15) is 6.42 Å². The monoisotopic (exact) mass is 258 g/mol. The third-order valence-electron chi connectivity index (χ3n) is 2.03. The van der Waals surface area contributed by atoms with E-state index >= 15 is 0 Å². The molecule has 0 spiro atoms. The van der Waals surface area contributed by atoms with Crippen LogP contribution in [0.3, 0.4) is 0 Å². The van der Waals surface area contributed by atoms with Gasteiger partial charge in [0.05, 0.1) is 0 Å². The summed E-state index contributed by atoms with van der Waals surface area (Å²) in [6, 6.07) is 0. The van der Waals surface area contributed by atoms with Gasteiger partial charge in [0.15, 0.2) is 5.41 Å². The molecular weight excluding hydrogens is 257 g/mol. The molecule has 0 atom stereocenters. The molecule has 82 valence electrons. The Morgan fingerprint density at radius 2 is 1.36 bits per heavy atom. The van der Waals surface area contributed by atoms with Gasteiger partial charge in [-0.1, -0.05) is 23.2 Å². The van der Waals surface area contributed by atoms with Crippen molar-refractivity contribution in [2.75, 3.05) is 0 Å². The summed E-state index contributed by atoms with van der Waals surface area (Å²) in [7, 11) is 0.